The highest BCUT2D eigenvalue weighted by Gasteiger charge is 2.33. The Balaban J connectivity index is 1.40. The van der Waals surface area contributed by atoms with Gasteiger partial charge >= 0.3 is 6.03 Å². The molecule has 1 atom stereocenters. The van der Waals surface area contributed by atoms with Gasteiger partial charge in [-0.1, -0.05) is 0 Å². The third-order valence-electron chi connectivity index (χ3n) is 6.85. The number of hydrogen-bond acceptors (Lipinski definition) is 7. The Morgan fingerprint density at radius 1 is 1.14 bits per heavy atom. The monoisotopic (exact) mass is 484 g/mol. The lowest BCUT2D eigenvalue weighted by atomic mass is 10.0. The zero-order valence-corrected chi connectivity index (χ0v) is 20.1. The minimum absolute atomic E-state index is 0.246. The fourth-order valence-corrected chi connectivity index (χ4v) is 4.73. The van der Waals surface area contributed by atoms with Gasteiger partial charge in [0.15, 0.2) is 5.82 Å². The predicted octanol–water partition coefficient (Wildman–Crippen LogP) is 2.61. The van der Waals surface area contributed by atoms with Crippen molar-refractivity contribution in [3.8, 4) is 11.4 Å². The lowest BCUT2D eigenvalue weighted by Gasteiger charge is -2.41. The molecule has 2 fully saturated rings. The van der Waals surface area contributed by atoms with Crippen molar-refractivity contribution in [2.75, 3.05) is 63.0 Å². The van der Waals surface area contributed by atoms with E-state index < -0.39 is 6.67 Å². The molecule has 2 aromatic rings. The van der Waals surface area contributed by atoms with Crippen LogP contribution < -0.4 is 15.5 Å². The molecule has 0 saturated carbocycles. The standard InChI is InChI=1S/C25H33FN6O3/c1-17-14-34-12-11-32(17)24-21-7-10-31(20-15-35-16-20)13-22(21)29-23(30-24)18-3-5-19(6-4-18)28-25(33)27-9-2-8-26/h3-6,17,20H,2,7-16H2,1H3,(H2,27,28,33). The van der Waals surface area contributed by atoms with Crippen LogP contribution >= 0.6 is 0 Å². The van der Waals surface area contributed by atoms with Crippen LogP contribution in [0.15, 0.2) is 24.3 Å². The first-order chi connectivity index (χ1) is 17.1. The Hall–Kier alpha value is -2.82. The number of hydrogen-bond donors (Lipinski definition) is 2. The second-order valence-electron chi connectivity index (χ2n) is 9.33. The zero-order chi connectivity index (χ0) is 24.2. The number of rotatable bonds is 7. The van der Waals surface area contributed by atoms with Gasteiger partial charge < -0.3 is 25.0 Å². The minimum atomic E-state index is -0.451. The van der Waals surface area contributed by atoms with Crippen LogP contribution in [0.3, 0.4) is 0 Å². The number of anilines is 2. The van der Waals surface area contributed by atoms with Gasteiger partial charge in [0.2, 0.25) is 0 Å². The molecular weight excluding hydrogens is 451 g/mol. The van der Waals surface area contributed by atoms with E-state index in [1.165, 1.54) is 5.56 Å². The molecule has 9 nitrogen and oxygen atoms in total. The summed E-state index contributed by atoms with van der Waals surface area (Å²) in [5.74, 6) is 1.70. The van der Waals surface area contributed by atoms with Gasteiger partial charge in [-0.25, -0.2) is 14.8 Å². The van der Waals surface area contributed by atoms with Crippen LogP contribution in [0.2, 0.25) is 0 Å². The van der Waals surface area contributed by atoms with E-state index in [-0.39, 0.29) is 12.1 Å². The van der Waals surface area contributed by atoms with E-state index in [1.54, 1.807) is 0 Å². The summed E-state index contributed by atoms with van der Waals surface area (Å²) < 4.78 is 23.3. The SMILES string of the molecule is CC1COCCN1c1nc(-c2ccc(NC(=O)NCCCF)cc2)nc2c1CCN(C1COC1)C2. The van der Waals surface area contributed by atoms with Crippen molar-refractivity contribution < 1.29 is 18.7 Å². The fourth-order valence-electron chi connectivity index (χ4n) is 4.73. The second kappa shape index (κ2) is 10.8. The lowest BCUT2D eigenvalue weighted by molar-refractivity contribution is -0.0699. The molecule has 0 aliphatic carbocycles. The highest BCUT2D eigenvalue weighted by molar-refractivity contribution is 5.89. The number of carbonyl (C=O) groups is 1. The maximum atomic E-state index is 12.2. The molecule has 0 radical (unpaired) electrons. The average Bonchev–Trinajstić information content (AvgIpc) is 2.83. The molecule has 2 N–H and O–H groups in total. The van der Waals surface area contributed by atoms with Crippen LogP contribution in [0.25, 0.3) is 11.4 Å². The first kappa shape index (κ1) is 23.9. The molecule has 1 unspecified atom stereocenters. The highest BCUT2D eigenvalue weighted by Crippen LogP contribution is 2.32. The highest BCUT2D eigenvalue weighted by atomic mass is 19.1. The van der Waals surface area contributed by atoms with E-state index in [0.717, 1.165) is 56.3 Å². The Labute approximate surface area is 205 Å². The number of amides is 2. The molecule has 0 bridgehead atoms. The molecule has 4 heterocycles. The van der Waals surface area contributed by atoms with Crippen LogP contribution in [0.4, 0.5) is 20.7 Å². The largest absolute Gasteiger partial charge is 0.378 e. The quantitative estimate of drug-likeness (QED) is 0.584. The maximum absolute atomic E-state index is 12.2. The predicted molar refractivity (Wildman–Crippen MR) is 131 cm³/mol. The van der Waals surface area contributed by atoms with E-state index in [0.29, 0.717) is 43.7 Å². The first-order valence-electron chi connectivity index (χ1n) is 12.4. The number of ether oxygens (including phenoxy) is 2. The van der Waals surface area contributed by atoms with Crippen molar-refractivity contribution in [3.05, 3.63) is 35.5 Å². The molecule has 35 heavy (non-hydrogen) atoms. The second-order valence-corrected chi connectivity index (χ2v) is 9.33. The number of urea groups is 1. The summed E-state index contributed by atoms with van der Waals surface area (Å²) in [7, 11) is 0. The van der Waals surface area contributed by atoms with E-state index in [4.69, 9.17) is 19.4 Å². The molecule has 5 rings (SSSR count). The molecule has 10 heteroatoms. The molecule has 3 aliphatic heterocycles. The van der Waals surface area contributed by atoms with Crippen molar-refractivity contribution >= 4 is 17.5 Å². The normalized spacial score (nSPS) is 20.7. The summed E-state index contributed by atoms with van der Waals surface area (Å²) in [5, 5.41) is 5.41. The topological polar surface area (TPSA) is 91.8 Å². The average molecular weight is 485 g/mol. The molecule has 3 aliphatic rings. The van der Waals surface area contributed by atoms with Crippen LogP contribution in [0.5, 0.6) is 0 Å². The van der Waals surface area contributed by atoms with Crippen LogP contribution in [0, 0.1) is 0 Å². The number of halogens is 1. The van der Waals surface area contributed by atoms with Gasteiger partial charge in [-0.05, 0) is 44.0 Å². The summed E-state index contributed by atoms with van der Waals surface area (Å²) in [5.41, 5.74) is 3.86. The van der Waals surface area contributed by atoms with Crippen LogP contribution in [0.1, 0.15) is 24.6 Å². The molecule has 2 saturated heterocycles. The molecular formula is C25H33FN6O3. The van der Waals surface area contributed by atoms with Crippen molar-refractivity contribution in [3.63, 3.8) is 0 Å². The summed E-state index contributed by atoms with van der Waals surface area (Å²) in [4.78, 5) is 26.9. The number of benzene rings is 1. The minimum Gasteiger partial charge on any atom is -0.378 e. The van der Waals surface area contributed by atoms with Gasteiger partial charge in [-0.15, -0.1) is 0 Å². The van der Waals surface area contributed by atoms with E-state index in [1.807, 2.05) is 24.3 Å². The van der Waals surface area contributed by atoms with Crippen molar-refractivity contribution in [2.24, 2.45) is 0 Å². The summed E-state index contributed by atoms with van der Waals surface area (Å²) in [6.07, 6.45) is 1.23. The van der Waals surface area contributed by atoms with Crippen molar-refractivity contribution in [1.29, 1.82) is 0 Å². The number of nitrogens with zero attached hydrogens (tertiary/aromatic N) is 4. The Kier molecular flexibility index (Phi) is 7.40. The lowest BCUT2D eigenvalue weighted by Crippen LogP contribution is -2.51. The molecule has 1 aromatic heterocycles. The van der Waals surface area contributed by atoms with Gasteiger partial charge in [0, 0.05) is 43.0 Å². The van der Waals surface area contributed by atoms with Gasteiger partial charge in [-0.3, -0.25) is 9.29 Å². The van der Waals surface area contributed by atoms with Crippen molar-refractivity contribution in [1.82, 2.24) is 20.2 Å². The summed E-state index contributed by atoms with van der Waals surface area (Å²) in [6.45, 7) is 7.58. The molecule has 0 spiro atoms. The van der Waals surface area contributed by atoms with E-state index >= 15 is 0 Å². The van der Waals surface area contributed by atoms with Crippen LogP contribution in [-0.4, -0.2) is 85.7 Å². The molecule has 2 amide bonds. The third kappa shape index (κ3) is 5.39. The van der Waals surface area contributed by atoms with Gasteiger partial charge in [-0.2, -0.15) is 0 Å². The van der Waals surface area contributed by atoms with Gasteiger partial charge in [0.1, 0.15) is 5.82 Å². The molecule has 1 aromatic carbocycles. The van der Waals surface area contributed by atoms with Crippen molar-refractivity contribution in [2.45, 2.75) is 38.4 Å². The van der Waals surface area contributed by atoms with E-state index in [9.17, 15) is 9.18 Å². The van der Waals surface area contributed by atoms with Crippen LogP contribution in [-0.2, 0) is 22.4 Å². The Morgan fingerprint density at radius 2 is 1.97 bits per heavy atom. The Bertz CT molecular complexity index is 1030. The number of alkyl halides is 1. The number of nitrogens with one attached hydrogen (secondary N) is 2. The summed E-state index contributed by atoms with van der Waals surface area (Å²) >= 11 is 0. The number of morpholine rings is 1. The number of aromatic nitrogens is 2. The van der Waals surface area contributed by atoms with Gasteiger partial charge in [0.25, 0.3) is 0 Å². The third-order valence-corrected chi connectivity index (χ3v) is 6.85. The maximum Gasteiger partial charge on any atom is 0.319 e. The number of carbonyl (C=O) groups excluding carboxylic acids is 1. The molecule has 188 valence electrons. The van der Waals surface area contributed by atoms with E-state index in [2.05, 4.69) is 27.4 Å². The summed E-state index contributed by atoms with van der Waals surface area (Å²) in [6, 6.07) is 7.88. The number of fused-ring (bicyclic) bond motifs is 1. The fraction of sp³-hybridized carbons (Fsp3) is 0.560. The first-order valence-corrected chi connectivity index (χ1v) is 12.4. The zero-order valence-electron chi connectivity index (χ0n) is 20.1. The smallest absolute Gasteiger partial charge is 0.319 e. The Morgan fingerprint density at radius 3 is 2.69 bits per heavy atom. The van der Waals surface area contributed by atoms with Gasteiger partial charge in [0.05, 0.1) is 50.9 Å².